The Bertz CT molecular complexity index is 613. The lowest BCUT2D eigenvalue weighted by atomic mass is 10.2. The molecule has 0 unspecified atom stereocenters. The van der Waals surface area contributed by atoms with Gasteiger partial charge in [-0.2, -0.15) is 0 Å². The van der Waals surface area contributed by atoms with Crippen molar-refractivity contribution in [2.75, 3.05) is 11.9 Å². The van der Waals surface area contributed by atoms with Crippen LogP contribution in [0.15, 0.2) is 28.1 Å². The largest absolute Gasteiger partial charge is 0.466 e. The van der Waals surface area contributed by atoms with Crippen LogP contribution < -0.4 is 5.32 Å². The van der Waals surface area contributed by atoms with Crippen LogP contribution in [0.5, 0.6) is 0 Å². The summed E-state index contributed by atoms with van der Waals surface area (Å²) in [4.78, 5) is 15.8. The third kappa shape index (κ3) is 4.05. The molecule has 1 aromatic carbocycles. The van der Waals surface area contributed by atoms with Crippen LogP contribution in [0.3, 0.4) is 0 Å². The van der Waals surface area contributed by atoms with E-state index in [2.05, 4.69) is 26.2 Å². The molecule has 0 atom stereocenters. The molecular weight excluding hydrogens is 340 g/mol. The Kier molecular flexibility index (Phi) is 5.14. The Morgan fingerprint density at radius 2 is 2.30 bits per heavy atom. The Balaban J connectivity index is 2.06. The van der Waals surface area contributed by atoms with Gasteiger partial charge in [-0.1, -0.05) is 6.07 Å². The number of carbonyl (C=O) groups is 1. The highest BCUT2D eigenvalue weighted by molar-refractivity contribution is 9.10. The number of benzene rings is 1. The summed E-state index contributed by atoms with van der Waals surface area (Å²) in [5, 5.41) is 5.87. The summed E-state index contributed by atoms with van der Waals surface area (Å²) in [7, 11) is 0. The number of hydrogen-bond acceptors (Lipinski definition) is 5. The number of ether oxygens (including phenoxy) is 1. The topological polar surface area (TPSA) is 51.2 Å². The Hall–Kier alpha value is -1.40. The summed E-state index contributed by atoms with van der Waals surface area (Å²) in [6.45, 7) is 4.22. The minimum absolute atomic E-state index is 0.209. The molecule has 20 heavy (non-hydrogen) atoms. The second-order valence-electron chi connectivity index (χ2n) is 4.23. The first-order valence-electron chi connectivity index (χ1n) is 6.21. The van der Waals surface area contributed by atoms with E-state index in [1.165, 1.54) is 16.9 Å². The first-order valence-corrected chi connectivity index (χ1v) is 7.89. The lowest BCUT2D eigenvalue weighted by molar-refractivity contribution is -0.142. The summed E-state index contributed by atoms with van der Waals surface area (Å²) < 4.78 is 5.88. The van der Waals surface area contributed by atoms with E-state index in [4.69, 9.17) is 4.74 Å². The zero-order valence-corrected chi connectivity index (χ0v) is 13.7. The van der Waals surface area contributed by atoms with Crippen LogP contribution in [0.4, 0.5) is 10.8 Å². The second-order valence-corrected chi connectivity index (χ2v) is 5.95. The zero-order chi connectivity index (χ0) is 14.5. The van der Waals surface area contributed by atoms with Crippen LogP contribution in [0.1, 0.15) is 18.2 Å². The Morgan fingerprint density at radius 3 is 3.05 bits per heavy atom. The van der Waals surface area contributed by atoms with Gasteiger partial charge in [0.2, 0.25) is 0 Å². The van der Waals surface area contributed by atoms with Gasteiger partial charge < -0.3 is 10.1 Å². The first kappa shape index (κ1) is 15.0. The number of anilines is 2. The number of halogens is 1. The highest BCUT2D eigenvalue weighted by Gasteiger charge is 2.09. The number of carbonyl (C=O) groups excluding carboxylic acids is 1. The standard InChI is InChI=1S/C14H15BrN2O2S/c1-3-19-13(18)7-10-8-20-14(16-10)17-12-6-9(2)4-5-11(12)15/h4-6,8H,3,7H2,1-2H3,(H,16,17). The van der Waals surface area contributed by atoms with E-state index in [9.17, 15) is 4.79 Å². The minimum atomic E-state index is -0.249. The van der Waals surface area contributed by atoms with Crippen molar-refractivity contribution in [3.8, 4) is 0 Å². The van der Waals surface area contributed by atoms with Crippen molar-refractivity contribution in [2.24, 2.45) is 0 Å². The second kappa shape index (κ2) is 6.85. The molecule has 0 saturated carbocycles. The number of thiazole rings is 1. The molecule has 0 saturated heterocycles. The highest BCUT2D eigenvalue weighted by Crippen LogP contribution is 2.28. The molecule has 2 aromatic rings. The average Bonchev–Trinajstić information content (AvgIpc) is 2.81. The summed E-state index contributed by atoms with van der Waals surface area (Å²) in [6, 6.07) is 6.06. The molecule has 1 aromatic heterocycles. The molecule has 0 radical (unpaired) electrons. The lowest BCUT2D eigenvalue weighted by Crippen LogP contribution is -2.07. The zero-order valence-electron chi connectivity index (χ0n) is 11.3. The van der Waals surface area contributed by atoms with Crippen molar-refractivity contribution < 1.29 is 9.53 Å². The predicted molar refractivity (Wildman–Crippen MR) is 84.6 cm³/mol. The molecule has 2 rings (SSSR count). The van der Waals surface area contributed by atoms with Gasteiger partial charge in [0.15, 0.2) is 5.13 Å². The monoisotopic (exact) mass is 354 g/mol. The molecule has 0 amide bonds. The molecule has 1 heterocycles. The maximum Gasteiger partial charge on any atom is 0.311 e. The summed E-state index contributed by atoms with van der Waals surface area (Å²) in [5.41, 5.74) is 2.85. The van der Waals surface area contributed by atoms with E-state index in [0.29, 0.717) is 6.61 Å². The fourth-order valence-corrected chi connectivity index (χ4v) is 2.72. The number of esters is 1. The van der Waals surface area contributed by atoms with Gasteiger partial charge in [0.05, 0.1) is 24.4 Å². The van der Waals surface area contributed by atoms with E-state index in [-0.39, 0.29) is 12.4 Å². The molecular formula is C14H15BrN2O2S. The molecule has 0 bridgehead atoms. The van der Waals surface area contributed by atoms with Crippen LogP contribution in [0.25, 0.3) is 0 Å². The molecule has 0 aliphatic carbocycles. The maximum atomic E-state index is 11.4. The molecule has 0 fully saturated rings. The minimum Gasteiger partial charge on any atom is -0.466 e. The van der Waals surface area contributed by atoms with E-state index in [1.807, 2.05) is 30.5 Å². The van der Waals surface area contributed by atoms with E-state index in [0.717, 1.165) is 21.0 Å². The van der Waals surface area contributed by atoms with E-state index >= 15 is 0 Å². The van der Waals surface area contributed by atoms with Crippen molar-refractivity contribution in [2.45, 2.75) is 20.3 Å². The SMILES string of the molecule is CCOC(=O)Cc1csc(Nc2cc(C)ccc2Br)n1. The smallest absolute Gasteiger partial charge is 0.311 e. The number of aromatic nitrogens is 1. The number of nitrogens with zero attached hydrogens (tertiary/aromatic N) is 1. The number of nitrogens with one attached hydrogen (secondary N) is 1. The van der Waals surface area contributed by atoms with Gasteiger partial charge in [-0.3, -0.25) is 4.79 Å². The van der Waals surface area contributed by atoms with Crippen LogP contribution in [-0.2, 0) is 16.0 Å². The van der Waals surface area contributed by atoms with Gasteiger partial charge in [0, 0.05) is 9.85 Å². The van der Waals surface area contributed by atoms with Crippen molar-refractivity contribution in [3.05, 3.63) is 39.3 Å². The van der Waals surface area contributed by atoms with Gasteiger partial charge in [-0.05, 0) is 47.5 Å². The number of hydrogen-bond donors (Lipinski definition) is 1. The van der Waals surface area contributed by atoms with Gasteiger partial charge in [0.25, 0.3) is 0 Å². The van der Waals surface area contributed by atoms with Crippen molar-refractivity contribution in [3.63, 3.8) is 0 Å². The van der Waals surface area contributed by atoms with Crippen LogP contribution in [0, 0.1) is 6.92 Å². The van der Waals surface area contributed by atoms with Crippen molar-refractivity contribution in [1.29, 1.82) is 0 Å². The van der Waals surface area contributed by atoms with Gasteiger partial charge >= 0.3 is 5.97 Å². The van der Waals surface area contributed by atoms with Crippen LogP contribution >= 0.6 is 27.3 Å². The lowest BCUT2D eigenvalue weighted by Gasteiger charge is -2.06. The first-order chi connectivity index (χ1) is 9.58. The normalized spacial score (nSPS) is 10.3. The van der Waals surface area contributed by atoms with E-state index < -0.39 is 0 Å². The number of rotatable bonds is 5. The Morgan fingerprint density at radius 1 is 1.50 bits per heavy atom. The summed E-state index contributed by atoms with van der Waals surface area (Å²) in [5.74, 6) is -0.249. The number of aryl methyl sites for hydroxylation is 1. The molecule has 0 aliphatic rings. The maximum absolute atomic E-state index is 11.4. The predicted octanol–water partition coefficient (Wildman–Crippen LogP) is 4.06. The van der Waals surface area contributed by atoms with Gasteiger partial charge in [-0.15, -0.1) is 11.3 Å². The van der Waals surface area contributed by atoms with Gasteiger partial charge in [-0.25, -0.2) is 4.98 Å². The summed E-state index contributed by atoms with van der Waals surface area (Å²) >= 11 is 4.96. The molecule has 0 aliphatic heterocycles. The van der Waals surface area contributed by atoms with Crippen molar-refractivity contribution in [1.82, 2.24) is 4.98 Å². The molecule has 106 valence electrons. The third-order valence-electron chi connectivity index (χ3n) is 2.55. The average molecular weight is 355 g/mol. The van der Waals surface area contributed by atoms with Crippen LogP contribution in [-0.4, -0.2) is 17.6 Å². The molecule has 4 nitrogen and oxygen atoms in total. The Labute approximate surface area is 130 Å². The molecule has 1 N–H and O–H groups in total. The molecule has 0 spiro atoms. The molecule has 6 heteroatoms. The quantitative estimate of drug-likeness (QED) is 0.822. The summed E-state index contributed by atoms with van der Waals surface area (Å²) in [6.07, 6.45) is 0.209. The fourth-order valence-electron chi connectivity index (χ4n) is 1.66. The van der Waals surface area contributed by atoms with Crippen LogP contribution in [0.2, 0.25) is 0 Å². The highest BCUT2D eigenvalue weighted by atomic mass is 79.9. The van der Waals surface area contributed by atoms with E-state index in [1.54, 1.807) is 6.92 Å². The fraction of sp³-hybridized carbons (Fsp3) is 0.286. The third-order valence-corrected chi connectivity index (χ3v) is 4.04. The van der Waals surface area contributed by atoms with Gasteiger partial charge in [0.1, 0.15) is 0 Å². The van der Waals surface area contributed by atoms with Crippen molar-refractivity contribution >= 4 is 44.1 Å².